The molecule has 2 aromatic carbocycles. The van der Waals surface area contributed by atoms with Crippen molar-refractivity contribution in [2.45, 2.75) is 25.6 Å². The summed E-state index contributed by atoms with van der Waals surface area (Å²) in [7, 11) is 0. The summed E-state index contributed by atoms with van der Waals surface area (Å²) in [6.07, 6.45) is -4.77. The monoisotopic (exact) mass is 497 g/mol. The van der Waals surface area contributed by atoms with Gasteiger partial charge in [-0.1, -0.05) is 5.92 Å². The van der Waals surface area contributed by atoms with E-state index < -0.39 is 28.7 Å². The highest BCUT2D eigenvalue weighted by atomic mass is 32.1. The van der Waals surface area contributed by atoms with Crippen LogP contribution in [-0.2, 0) is 11.0 Å². The molecule has 0 aliphatic carbocycles. The van der Waals surface area contributed by atoms with Gasteiger partial charge in [-0.15, -0.1) is 0 Å². The van der Waals surface area contributed by atoms with Crippen LogP contribution in [0.4, 0.5) is 24.5 Å². The van der Waals surface area contributed by atoms with E-state index in [2.05, 4.69) is 23.7 Å². The highest BCUT2D eigenvalue weighted by Crippen LogP contribution is 2.39. The van der Waals surface area contributed by atoms with Gasteiger partial charge in [-0.25, -0.2) is 0 Å². The van der Waals surface area contributed by atoms with Gasteiger partial charge in [0.05, 0.1) is 22.9 Å². The number of nitriles is 1. The molecule has 3 rings (SSSR count). The van der Waals surface area contributed by atoms with E-state index in [-0.39, 0.29) is 24.0 Å². The minimum atomic E-state index is -4.77. The van der Waals surface area contributed by atoms with Crippen molar-refractivity contribution in [1.82, 2.24) is 0 Å². The second kappa shape index (κ2) is 10.1. The smallest absolute Gasteiger partial charge is 0.417 e. The number of benzene rings is 2. The van der Waals surface area contributed by atoms with Crippen LogP contribution in [0.2, 0.25) is 0 Å². The first-order valence-electron chi connectivity index (χ1n) is 10.1. The van der Waals surface area contributed by atoms with Gasteiger partial charge < -0.3 is 14.7 Å². The molecule has 1 aliphatic rings. The lowest BCUT2D eigenvalue weighted by Crippen LogP contribution is -2.44. The van der Waals surface area contributed by atoms with Gasteiger partial charge in [-0.3, -0.25) is 9.69 Å². The van der Waals surface area contributed by atoms with E-state index in [0.29, 0.717) is 11.4 Å². The van der Waals surface area contributed by atoms with E-state index in [0.717, 1.165) is 17.0 Å². The third kappa shape index (κ3) is 5.22. The van der Waals surface area contributed by atoms with Crippen molar-refractivity contribution in [3.05, 3.63) is 53.6 Å². The predicted octanol–water partition coefficient (Wildman–Crippen LogP) is 3.87. The number of thiocarbonyl (C=S) groups is 1. The molecule has 1 saturated heterocycles. The predicted molar refractivity (Wildman–Crippen MR) is 127 cm³/mol. The molecule has 0 atom stereocenters. The van der Waals surface area contributed by atoms with E-state index in [1.54, 1.807) is 43.0 Å². The van der Waals surface area contributed by atoms with Gasteiger partial charge in [-0.2, -0.15) is 18.4 Å². The molecule has 0 bridgehead atoms. The standard InChI is InChI=1S/C25H18F3N3O3S/c1-24(2)22(33)30(19-8-7-17(16-29)21(15-19)25(26,27)28)23(35)31(24)18-9-11-20(12-10-18)34-14-6-4-3-5-13-32/h7-12,15,32H,13-14H2,1-2H3. The van der Waals surface area contributed by atoms with Crippen LogP contribution in [0.3, 0.4) is 0 Å². The highest BCUT2D eigenvalue weighted by Gasteiger charge is 2.50. The molecule has 35 heavy (non-hydrogen) atoms. The number of alkyl halides is 3. The molecule has 1 heterocycles. The Balaban J connectivity index is 1.88. The maximum Gasteiger partial charge on any atom is 0.417 e. The number of aliphatic hydroxyl groups is 1. The van der Waals surface area contributed by atoms with Crippen molar-refractivity contribution in [2.75, 3.05) is 23.0 Å². The molecule has 1 aliphatic heterocycles. The Morgan fingerprint density at radius 3 is 2.31 bits per heavy atom. The maximum atomic E-state index is 13.5. The summed E-state index contributed by atoms with van der Waals surface area (Å²) in [5, 5.41) is 17.6. The van der Waals surface area contributed by atoms with E-state index in [9.17, 15) is 18.0 Å². The average molecular weight is 497 g/mol. The number of carbonyl (C=O) groups is 1. The largest absolute Gasteiger partial charge is 0.481 e. The van der Waals surface area contributed by atoms with Gasteiger partial charge in [0.1, 0.15) is 24.5 Å². The Kier molecular flexibility index (Phi) is 7.36. The zero-order valence-electron chi connectivity index (χ0n) is 18.6. The van der Waals surface area contributed by atoms with Crippen molar-refractivity contribution < 1.29 is 27.8 Å². The number of rotatable bonds is 4. The fraction of sp³-hybridized carbons (Fsp3) is 0.240. The van der Waals surface area contributed by atoms with Crippen LogP contribution < -0.4 is 14.5 Å². The maximum absolute atomic E-state index is 13.5. The fourth-order valence-corrected chi connectivity index (χ4v) is 3.96. The van der Waals surface area contributed by atoms with Crippen LogP contribution in [0, 0.1) is 35.0 Å². The minimum Gasteiger partial charge on any atom is -0.481 e. The van der Waals surface area contributed by atoms with E-state index in [4.69, 9.17) is 27.3 Å². The molecule has 0 unspecified atom stereocenters. The average Bonchev–Trinajstić information content (AvgIpc) is 2.99. The molecule has 1 N–H and O–H groups in total. The Morgan fingerprint density at radius 1 is 1.09 bits per heavy atom. The number of nitrogens with zero attached hydrogens (tertiary/aromatic N) is 3. The fourth-order valence-electron chi connectivity index (χ4n) is 3.43. The first-order chi connectivity index (χ1) is 16.5. The zero-order chi connectivity index (χ0) is 25.8. The van der Waals surface area contributed by atoms with E-state index >= 15 is 0 Å². The van der Waals surface area contributed by atoms with Crippen LogP contribution in [-0.4, -0.2) is 34.9 Å². The van der Waals surface area contributed by atoms with Gasteiger partial charge in [-0.05, 0) is 86.3 Å². The summed E-state index contributed by atoms with van der Waals surface area (Å²) in [5.41, 5.74) is -2.42. The van der Waals surface area contributed by atoms with Crippen molar-refractivity contribution in [3.8, 4) is 35.5 Å². The number of aliphatic hydroxyl groups excluding tert-OH is 1. The number of halogens is 3. The number of ether oxygens (including phenoxy) is 1. The molecule has 6 nitrogen and oxygen atoms in total. The number of anilines is 2. The third-order valence-electron chi connectivity index (χ3n) is 5.08. The Hall–Kier alpha value is -4.04. The van der Waals surface area contributed by atoms with Crippen LogP contribution in [0.1, 0.15) is 25.0 Å². The van der Waals surface area contributed by atoms with Gasteiger partial charge in [0.2, 0.25) is 0 Å². The molecular weight excluding hydrogens is 479 g/mol. The van der Waals surface area contributed by atoms with Crippen LogP contribution in [0.25, 0.3) is 0 Å². The summed E-state index contributed by atoms with van der Waals surface area (Å²) in [6, 6.07) is 11.2. The lowest BCUT2D eigenvalue weighted by Gasteiger charge is -2.29. The van der Waals surface area contributed by atoms with E-state index in [1.807, 2.05) is 0 Å². The topological polar surface area (TPSA) is 76.8 Å². The molecule has 0 saturated carbocycles. The summed E-state index contributed by atoms with van der Waals surface area (Å²) in [5.74, 6) is 10.0. The second-order valence-electron chi connectivity index (χ2n) is 7.70. The van der Waals surface area contributed by atoms with Crippen molar-refractivity contribution in [1.29, 1.82) is 5.26 Å². The first-order valence-corrected chi connectivity index (χ1v) is 10.5. The lowest BCUT2D eigenvalue weighted by molar-refractivity contribution is -0.137. The van der Waals surface area contributed by atoms with Crippen molar-refractivity contribution in [2.24, 2.45) is 0 Å². The summed E-state index contributed by atoms with van der Waals surface area (Å²) < 4.78 is 45.9. The Labute approximate surface area is 205 Å². The summed E-state index contributed by atoms with van der Waals surface area (Å²) >= 11 is 5.51. The van der Waals surface area contributed by atoms with Crippen LogP contribution >= 0.6 is 12.2 Å². The van der Waals surface area contributed by atoms with Gasteiger partial charge >= 0.3 is 6.18 Å². The van der Waals surface area contributed by atoms with Gasteiger partial charge in [0, 0.05) is 5.69 Å². The number of carbonyl (C=O) groups excluding carboxylic acids is 1. The van der Waals surface area contributed by atoms with Gasteiger partial charge in [0.15, 0.2) is 5.11 Å². The van der Waals surface area contributed by atoms with Crippen LogP contribution in [0.15, 0.2) is 42.5 Å². The number of hydrogen-bond acceptors (Lipinski definition) is 5. The van der Waals surface area contributed by atoms with Crippen LogP contribution in [0.5, 0.6) is 5.75 Å². The zero-order valence-corrected chi connectivity index (χ0v) is 19.4. The number of amides is 1. The molecule has 2 aromatic rings. The molecule has 1 fully saturated rings. The molecule has 0 radical (unpaired) electrons. The summed E-state index contributed by atoms with van der Waals surface area (Å²) in [6.45, 7) is 3.02. The molecule has 0 aromatic heterocycles. The third-order valence-corrected chi connectivity index (χ3v) is 5.44. The molecular formula is C25H18F3N3O3S. The number of hydrogen-bond donors (Lipinski definition) is 1. The Bertz CT molecular complexity index is 1320. The minimum absolute atomic E-state index is 0.000162. The molecule has 0 spiro atoms. The first kappa shape index (κ1) is 25.6. The molecule has 1 amide bonds. The second-order valence-corrected chi connectivity index (χ2v) is 8.07. The quantitative estimate of drug-likeness (QED) is 0.511. The van der Waals surface area contributed by atoms with Gasteiger partial charge in [0.25, 0.3) is 5.91 Å². The Morgan fingerprint density at radius 2 is 1.71 bits per heavy atom. The molecule has 178 valence electrons. The summed E-state index contributed by atoms with van der Waals surface area (Å²) in [4.78, 5) is 15.8. The highest BCUT2D eigenvalue weighted by molar-refractivity contribution is 7.81. The SMILES string of the molecule is CC1(C)C(=O)N(c2ccc(C#N)c(C(F)(F)F)c2)C(=S)N1c1ccc(OCC#CC#CCO)cc1. The lowest BCUT2D eigenvalue weighted by atomic mass is 10.0. The normalized spacial score (nSPS) is 14.5. The molecule has 10 heteroatoms. The van der Waals surface area contributed by atoms with E-state index in [1.165, 1.54) is 12.1 Å². The van der Waals surface area contributed by atoms with Crippen molar-refractivity contribution in [3.63, 3.8) is 0 Å². The van der Waals surface area contributed by atoms with Crippen molar-refractivity contribution >= 4 is 34.6 Å².